The van der Waals surface area contributed by atoms with E-state index >= 15 is 0 Å². The lowest BCUT2D eigenvalue weighted by Crippen LogP contribution is -2.60. The molecule has 2 saturated heterocycles. The average Bonchev–Trinajstić information content (AvgIpc) is 2.85. The molecule has 2 aliphatic heterocycles. The van der Waals surface area contributed by atoms with Crippen LogP contribution in [0.15, 0.2) is 60.7 Å². The molecule has 0 radical (unpaired) electrons. The van der Waals surface area contributed by atoms with Gasteiger partial charge in [0.15, 0.2) is 18.7 Å². The van der Waals surface area contributed by atoms with Crippen molar-refractivity contribution in [1.82, 2.24) is 0 Å². The van der Waals surface area contributed by atoms with E-state index in [4.69, 9.17) is 28.4 Å². The second kappa shape index (κ2) is 11.2. The lowest BCUT2D eigenvalue weighted by Gasteiger charge is -2.48. The van der Waals surface area contributed by atoms with Gasteiger partial charge in [0, 0.05) is 11.5 Å². The van der Waals surface area contributed by atoms with Crippen molar-refractivity contribution in [3.8, 4) is 0 Å². The molecule has 0 aromatic heterocycles. The lowest BCUT2D eigenvalue weighted by molar-refractivity contribution is -0.360. The van der Waals surface area contributed by atoms with Crippen LogP contribution in [0.4, 0.5) is 0 Å². The first-order valence-corrected chi connectivity index (χ1v) is 11.5. The molecule has 0 aliphatic carbocycles. The Balaban J connectivity index is 1.51. The number of hydrogen-bond acceptors (Lipinski definition) is 7. The Bertz CT molecular complexity index is 875. The summed E-state index contributed by atoms with van der Waals surface area (Å²) in [5.41, 5.74) is 1.97. The van der Waals surface area contributed by atoms with Gasteiger partial charge >= 0.3 is 5.97 Å². The zero-order valence-electron chi connectivity index (χ0n) is 19.3. The number of fused-ring (bicyclic) bond motifs is 1. The van der Waals surface area contributed by atoms with Gasteiger partial charge < -0.3 is 28.4 Å². The third-order valence-electron chi connectivity index (χ3n) is 5.95. The van der Waals surface area contributed by atoms with Crippen molar-refractivity contribution in [3.63, 3.8) is 0 Å². The normalized spacial score (nSPS) is 30.3. The van der Waals surface area contributed by atoms with Crippen LogP contribution in [-0.4, -0.2) is 49.9 Å². The average molecular weight is 457 g/mol. The summed E-state index contributed by atoms with van der Waals surface area (Å²) in [5, 5.41) is 0. The van der Waals surface area contributed by atoms with Gasteiger partial charge in [-0.1, -0.05) is 67.6 Å². The van der Waals surface area contributed by atoms with Crippen molar-refractivity contribution in [3.05, 3.63) is 71.8 Å². The molecule has 2 fully saturated rings. The maximum atomic E-state index is 12.3. The maximum absolute atomic E-state index is 12.3. The van der Waals surface area contributed by atoms with Crippen molar-refractivity contribution in [2.24, 2.45) is 5.92 Å². The number of carbonyl (C=O) groups is 1. The molecule has 0 N–H and O–H groups in total. The van der Waals surface area contributed by atoms with Crippen LogP contribution in [0, 0.1) is 5.92 Å². The van der Waals surface area contributed by atoms with Crippen LogP contribution in [0.25, 0.3) is 0 Å². The molecule has 0 bridgehead atoms. The predicted octanol–water partition coefficient (Wildman–Crippen LogP) is 4.02. The Hall–Kier alpha value is -2.29. The van der Waals surface area contributed by atoms with E-state index in [-0.39, 0.29) is 12.0 Å². The highest BCUT2D eigenvalue weighted by Gasteiger charge is 2.50. The van der Waals surface area contributed by atoms with Gasteiger partial charge in [0.25, 0.3) is 0 Å². The van der Waals surface area contributed by atoms with Gasteiger partial charge in [0.2, 0.25) is 0 Å². The third kappa shape index (κ3) is 5.80. The quantitative estimate of drug-likeness (QED) is 0.556. The minimum Gasteiger partial charge on any atom is -0.464 e. The SMILES string of the molecule is CCOC(=O)C(C)OC1C(C)C(OCc2ccccc2)OC2COC(c3ccccc3)OC21. The molecular weight excluding hydrogens is 424 g/mol. The highest BCUT2D eigenvalue weighted by Crippen LogP contribution is 2.38. The lowest BCUT2D eigenvalue weighted by atomic mass is 9.91. The molecular formula is C26H32O7. The van der Waals surface area contributed by atoms with E-state index in [1.54, 1.807) is 13.8 Å². The van der Waals surface area contributed by atoms with Crippen LogP contribution < -0.4 is 0 Å². The molecule has 7 unspecified atom stereocenters. The number of benzene rings is 2. The van der Waals surface area contributed by atoms with Crippen LogP contribution in [0.3, 0.4) is 0 Å². The molecule has 0 spiro atoms. The summed E-state index contributed by atoms with van der Waals surface area (Å²) in [6, 6.07) is 19.7. The summed E-state index contributed by atoms with van der Waals surface area (Å²) in [6.45, 7) is 6.49. The summed E-state index contributed by atoms with van der Waals surface area (Å²) < 4.78 is 36.1. The van der Waals surface area contributed by atoms with E-state index in [9.17, 15) is 4.79 Å². The number of ether oxygens (including phenoxy) is 6. The summed E-state index contributed by atoms with van der Waals surface area (Å²) in [5.74, 6) is -0.595. The molecule has 7 atom stereocenters. The first kappa shape index (κ1) is 23.9. The highest BCUT2D eigenvalue weighted by molar-refractivity contribution is 5.74. The zero-order chi connectivity index (χ0) is 23.2. The maximum Gasteiger partial charge on any atom is 0.334 e. The molecule has 2 heterocycles. The summed E-state index contributed by atoms with van der Waals surface area (Å²) in [4.78, 5) is 12.3. The number of carbonyl (C=O) groups excluding carboxylic acids is 1. The monoisotopic (exact) mass is 456 g/mol. The number of hydrogen-bond donors (Lipinski definition) is 0. The molecule has 2 aromatic rings. The van der Waals surface area contributed by atoms with Gasteiger partial charge in [-0.3, -0.25) is 0 Å². The minimum atomic E-state index is -0.743. The third-order valence-corrected chi connectivity index (χ3v) is 5.95. The summed E-state index contributed by atoms with van der Waals surface area (Å²) in [7, 11) is 0. The second-order valence-corrected chi connectivity index (χ2v) is 8.37. The number of rotatable bonds is 8. The van der Waals surface area contributed by atoms with E-state index in [1.807, 2.05) is 67.6 Å². The topological polar surface area (TPSA) is 72.5 Å². The molecule has 7 nitrogen and oxygen atoms in total. The Kier molecular flexibility index (Phi) is 8.11. The van der Waals surface area contributed by atoms with Crippen molar-refractivity contribution >= 4 is 5.97 Å². The van der Waals surface area contributed by atoms with Gasteiger partial charge in [-0.25, -0.2) is 4.79 Å². The van der Waals surface area contributed by atoms with Gasteiger partial charge in [-0.2, -0.15) is 0 Å². The van der Waals surface area contributed by atoms with Gasteiger partial charge in [0.1, 0.15) is 12.2 Å². The van der Waals surface area contributed by atoms with Gasteiger partial charge in [-0.15, -0.1) is 0 Å². The molecule has 7 heteroatoms. The highest BCUT2D eigenvalue weighted by atomic mass is 16.7. The van der Waals surface area contributed by atoms with Crippen molar-refractivity contribution in [2.45, 2.75) is 64.4 Å². The van der Waals surface area contributed by atoms with Crippen LogP contribution in [0.1, 0.15) is 38.2 Å². The summed E-state index contributed by atoms with van der Waals surface area (Å²) >= 11 is 0. The van der Waals surface area contributed by atoms with E-state index in [0.29, 0.717) is 19.8 Å². The largest absolute Gasteiger partial charge is 0.464 e. The molecule has 0 saturated carbocycles. The fourth-order valence-electron chi connectivity index (χ4n) is 4.18. The Morgan fingerprint density at radius 3 is 2.45 bits per heavy atom. The smallest absolute Gasteiger partial charge is 0.334 e. The van der Waals surface area contributed by atoms with Crippen molar-refractivity contribution in [2.75, 3.05) is 13.2 Å². The van der Waals surface area contributed by atoms with Crippen LogP contribution in [0.5, 0.6) is 0 Å². The van der Waals surface area contributed by atoms with E-state index in [0.717, 1.165) is 11.1 Å². The van der Waals surface area contributed by atoms with Crippen LogP contribution >= 0.6 is 0 Å². The first-order valence-electron chi connectivity index (χ1n) is 11.5. The Labute approximate surface area is 194 Å². The molecule has 2 aliphatic rings. The van der Waals surface area contributed by atoms with E-state index in [2.05, 4.69) is 0 Å². The molecule has 2 aromatic carbocycles. The van der Waals surface area contributed by atoms with Crippen molar-refractivity contribution < 1.29 is 33.2 Å². The fraction of sp³-hybridized carbons (Fsp3) is 0.500. The molecule has 4 rings (SSSR count). The van der Waals surface area contributed by atoms with Gasteiger partial charge in [0.05, 0.1) is 25.9 Å². The Morgan fingerprint density at radius 1 is 1.06 bits per heavy atom. The number of esters is 1. The first-order chi connectivity index (χ1) is 16.1. The Morgan fingerprint density at radius 2 is 1.76 bits per heavy atom. The van der Waals surface area contributed by atoms with Crippen molar-refractivity contribution in [1.29, 1.82) is 0 Å². The zero-order valence-corrected chi connectivity index (χ0v) is 19.3. The van der Waals surface area contributed by atoms with Crippen LogP contribution in [0.2, 0.25) is 0 Å². The van der Waals surface area contributed by atoms with E-state index < -0.39 is 36.9 Å². The predicted molar refractivity (Wildman–Crippen MR) is 120 cm³/mol. The standard InChI is InChI=1S/C26H32O7/c1-4-28-24(27)18(3)31-22-17(2)25(29-15-19-11-7-5-8-12-19)32-21-16-30-26(33-23(21)22)20-13-9-6-10-14-20/h5-14,17-18,21-23,25-26H,4,15-16H2,1-3H3. The second-order valence-electron chi connectivity index (χ2n) is 8.37. The summed E-state index contributed by atoms with van der Waals surface area (Å²) in [6.07, 6.45) is -3.07. The minimum absolute atomic E-state index is 0.193. The van der Waals surface area contributed by atoms with E-state index in [1.165, 1.54) is 0 Å². The van der Waals surface area contributed by atoms with Gasteiger partial charge in [-0.05, 0) is 19.4 Å². The fourth-order valence-corrected chi connectivity index (χ4v) is 4.18. The van der Waals surface area contributed by atoms with Crippen LogP contribution in [-0.2, 0) is 39.8 Å². The molecule has 178 valence electrons. The molecule has 0 amide bonds. The molecule has 33 heavy (non-hydrogen) atoms.